The summed E-state index contributed by atoms with van der Waals surface area (Å²) < 4.78 is 19.6. The van der Waals surface area contributed by atoms with Gasteiger partial charge in [0.2, 0.25) is 0 Å². The molecule has 0 amide bonds. The number of allylic oxidation sites excluding steroid dienone is 1. The van der Waals surface area contributed by atoms with Crippen molar-refractivity contribution in [2.24, 2.45) is 5.92 Å². The normalized spacial score (nSPS) is 15.6. The summed E-state index contributed by atoms with van der Waals surface area (Å²) in [6.07, 6.45) is 6.16. The van der Waals surface area contributed by atoms with Crippen molar-refractivity contribution in [3.05, 3.63) is 71.3 Å². The Morgan fingerprint density at radius 1 is 1.26 bits per heavy atom. The lowest BCUT2D eigenvalue weighted by Gasteiger charge is -2.25. The van der Waals surface area contributed by atoms with E-state index in [0.717, 1.165) is 48.3 Å². The van der Waals surface area contributed by atoms with Crippen molar-refractivity contribution in [1.29, 1.82) is 0 Å². The molecule has 120 valence electrons. The molecule has 0 unspecified atom stereocenters. The Hall–Kier alpha value is -2.00. The number of ether oxygens (including phenoxy) is 1. The van der Waals surface area contributed by atoms with E-state index < -0.39 is 0 Å². The summed E-state index contributed by atoms with van der Waals surface area (Å²) in [7, 11) is 0. The van der Waals surface area contributed by atoms with Gasteiger partial charge in [-0.1, -0.05) is 18.7 Å². The molecule has 1 aliphatic rings. The van der Waals surface area contributed by atoms with Crippen LogP contribution in [0.2, 0.25) is 0 Å². The zero-order chi connectivity index (χ0) is 16.2. The van der Waals surface area contributed by atoms with Crippen LogP contribution in [0.15, 0.2) is 43.2 Å². The number of pyridine rings is 1. The van der Waals surface area contributed by atoms with Crippen LogP contribution in [0.5, 0.6) is 0 Å². The van der Waals surface area contributed by atoms with Crippen molar-refractivity contribution in [2.75, 3.05) is 13.2 Å². The predicted octanol–water partition coefficient (Wildman–Crippen LogP) is 4.56. The van der Waals surface area contributed by atoms with E-state index in [4.69, 9.17) is 4.74 Å². The van der Waals surface area contributed by atoms with Crippen molar-refractivity contribution < 1.29 is 9.13 Å². The second-order valence-electron chi connectivity index (χ2n) is 6.22. The third-order valence-corrected chi connectivity index (χ3v) is 4.55. The summed E-state index contributed by atoms with van der Waals surface area (Å²) in [6, 6.07) is 7.39. The molecule has 1 aromatic heterocycles. The molecule has 0 aliphatic carbocycles. The van der Waals surface area contributed by atoms with Gasteiger partial charge in [-0.2, -0.15) is 0 Å². The number of hydrogen-bond acceptors (Lipinski definition) is 2. The van der Waals surface area contributed by atoms with E-state index in [-0.39, 0.29) is 5.82 Å². The van der Waals surface area contributed by atoms with Gasteiger partial charge in [0.25, 0.3) is 0 Å². The lowest BCUT2D eigenvalue weighted by atomic mass is 9.85. The minimum atomic E-state index is -0.156. The molecule has 0 bridgehead atoms. The number of aryl methyl sites for hydroxylation is 1. The van der Waals surface area contributed by atoms with Crippen molar-refractivity contribution in [1.82, 2.24) is 4.98 Å². The summed E-state index contributed by atoms with van der Waals surface area (Å²) in [5.74, 6) is 0.282. The summed E-state index contributed by atoms with van der Waals surface area (Å²) in [4.78, 5) is 4.23. The Kier molecular flexibility index (Phi) is 4.87. The van der Waals surface area contributed by atoms with E-state index in [1.165, 1.54) is 0 Å². The molecule has 0 atom stereocenters. The second kappa shape index (κ2) is 7.05. The highest BCUT2D eigenvalue weighted by Gasteiger charge is 2.20. The average molecular weight is 311 g/mol. The zero-order valence-electron chi connectivity index (χ0n) is 13.5. The number of nitrogens with zero attached hydrogens (tertiary/aromatic N) is 1. The maximum atomic E-state index is 14.2. The van der Waals surface area contributed by atoms with Gasteiger partial charge < -0.3 is 4.74 Å². The number of hydrogen-bond donors (Lipinski definition) is 0. The first-order valence-electron chi connectivity index (χ1n) is 8.10. The third-order valence-electron chi connectivity index (χ3n) is 4.55. The molecule has 2 aromatic rings. The van der Waals surface area contributed by atoms with Crippen molar-refractivity contribution in [3.8, 4) is 0 Å². The molecule has 0 radical (unpaired) electrons. The molecule has 1 aliphatic heterocycles. The minimum absolute atomic E-state index is 0.156. The number of benzene rings is 1. The number of rotatable bonds is 4. The molecule has 0 saturated carbocycles. The Balaban J connectivity index is 1.86. The number of aromatic nitrogens is 1. The van der Waals surface area contributed by atoms with Gasteiger partial charge in [-0.05, 0) is 65.6 Å². The smallest absolute Gasteiger partial charge is 0.126 e. The molecular formula is C20H22FNO. The molecule has 2 heterocycles. The topological polar surface area (TPSA) is 22.1 Å². The van der Waals surface area contributed by atoms with Crippen LogP contribution in [0.25, 0.3) is 5.57 Å². The monoisotopic (exact) mass is 311 g/mol. The van der Waals surface area contributed by atoms with Gasteiger partial charge in [-0.25, -0.2) is 4.39 Å². The van der Waals surface area contributed by atoms with Crippen LogP contribution in [0.4, 0.5) is 4.39 Å². The van der Waals surface area contributed by atoms with Crippen LogP contribution in [0.3, 0.4) is 0 Å². The highest BCUT2D eigenvalue weighted by atomic mass is 19.1. The summed E-state index contributed by atoms with van der Waals surface area (Å²) in [6.45, 7) is 7.79. The van der Waals surface area contributed by atoms with Crippen LogP contribution in [0, 0.1) is 18.7 Å². The fourth-order valence-corrected chi connectivity index (χ4v) is 3.15. The molecule has 3 rings (SSSR count). The van der Waals surface area contributed by atoms with E-state index in [1.807, 2.05) is 31.3 Å². The molecular weight excluding hydrogens is 289 g/mol. The van der Waals surface area contributed by atoms with Crippen LogP contribution in [0.1, 0.15) is 35.1 Å². The van der Waals surface area contributed by atoms with Crippen LogP contribution in [-0.2, 0) is 11.2 Å². The molecule has 3 heteroatoms. The van der Waals surface area contributed by atoms with Gasteiger partial charge in [0.1, 0.15) is 5.82 Å². The highest BCUT2D eigenvalue weighted by molar-refractivity contribution is 5.68. The van der Waals surface area contributed by atoms with E-state index in [1.54, 1.807) is 12.3 Å². The van der Waals surface area contributed by atoms with Gasteiger partial charge in [0.15, 0.2) is 0 Å². The van der Waals surface area contributed by atoms with Gasteiger partial charge in [-0.3, -0.25) is 4.98 Å². The molecule has 0 N–H and O–H groups in total. The molecule has 0 spiro atoms. The van der Waals surface area contributed by atoms with E-state index in [0.29, 0.717) is 17.9 Å². The average Bonchev–Trinajstić information content (AvgIpc) is 2.58. The first kappa shape index (κ1) is 15.9. The zero-order valence-corrected chi connectivity index (χ0v) is 13.5. The Morgan fingerprint density at radius 2 is 2.04 bits per heavy atom. The lowest BCUT2D eigenvalue weighted by molar-refractivity contribution is 0.0808. The molecule has 23 heavy (non-hydrogen) atoms. The van der Waals surface area contributed by atoms with Crippen LogP contribution in [-0.4, -0.2) is 18.2 Å². The SMILES string of the molecule is C=C(c1ccncc1Cc1ccc(C)cc1F)C1CCOCC1. The largest absolute Gasteiger partial charge is 0.381 e. The van der Waals surface area contributed by atoms with Crippen molar-refractivity contribution in [2.45, 2.75) is 26.2 Å². The van der Waals surface area contributed by atoms with E-state index in [9.17, 15) is 4.39 Å². The molecule has 2 nitrogen and oxygen atoms in total. The lowest BCUT2D eigenvalue weighted by Crippen LogP contribution is -2.17. The Labute approximate surface area is 137 Å². The summed E-state index contributed by atoms with van der Waals surface area (Å²) >= 11 is 0. The van der Waals surface area contributed by atoms with Gasteiger partial charge >= 0.3 is 0 Å². The van der Waals surface area contributed by atoms with E-state index >= 15 is 0 Å². The number of halogens is 1. The maximum absolute atomic E-state index is 14.2. The molecule has 1 saturated heterocycles. The first-order chi connectivity index (χ1) is 11.1. The standard InChI is InChI=1S/C20H22FNO/c1-14-3-4-17(20(21)11-14)12-18-13-22-8-5-19(18)15(2)16-6-9-23-10-7-16/h3-5,8,11,13,16H,2,6-7,9-10,12H2,1H3. The van der Waals surface area contributed by atoms with Crippen LogP contribution < -0.4 is 0 Å². The van der Waals surface area contributed by atoms with Gasteiger partial charge in [-0.15, -0.1) is 0 Å². The van der Waals surface area contributed by atoms with Gasteiger partial charge in [0.05, 0.1) is 0 Å². The first-order valence-corrected chi connectivity index (χ1v) is 8.10. The fraction of sp³-hybridized carbons (Fsp3) is 0.350. The Morgan fingerprint density at radius 3 is 2.78 bits per heavy atom. The van der Waals surface area contributed by atoms with Crippen molar-refractivity contribution in [3.63, 3.8) is 0 Å². The summed E-state index contributed by atoms with van der Waals surface area (Å²) in [5.41, 5.74) is 4.89. The second-order valence-corrected chi connectivity index (χ2v) is 6.22. The highest BCUT2D eigenvalue weighted by Crippen LogP contribution is 2.32. The maximum Gasteiger partial charge on any atom is 0.126 e. The predicted molar refractivity (Wildman–Crippen MR) is 90.8 cm³/mol. The molecule has 1 fully saturated rings. The Bertz CT molecular complexity index is 705. The van der Waals surface area contributed by atoms with Crippen molar-refractivity contribution >= 4 is 5.57 Å². The fourth-order valence-electron chi connectivity index (χ4n) is 3.15. The minimum Gasteiger partial charge on any atom is -0.381 e. The van der Waals surface area contributed by atoms with Gasteiger partial charge in [0, 0.05) is 32.0 Å². The van der Waals surface area contributed by atoms with E-state index in [2.05, 4.69) is 11.6 Å². The quantitative estimate of drug-likeness (QED) is 0.826. The van der Waals surface area contributed by atoms with Crippen LogP contribution >= 0.6 is 0 Å². The third kappa shape index (κ3) is 3.67. The summed E-state index contributed by atoms with van der Waals surface area (Å²) in [5, 5.41) is 0. The molecule has 1 aromatic carbocycles.